The van der Waals surface area contributed by atoms with E-state index in [4.69, 9.17) is 9.47 Å². The Labute approximate surface area is 196 Å². The molecule has 2 heterocycles. The predicted octanol–water partition coefficient (Wildman–Crippen LogP) is 4.37. The highest BCUT2D eigenvalue weighted by Gasteiger charge is 2.31. The number of aliphatic hydroxyl groups is 1. The van der Waals surface area contributed by atoms with E-state index < -0.39 is 5.60 Å². The molecule has 6 nitrogen and oxygen atoms in total. The summed E-state index contributed by atoms with van der Waals surface area (Å²) in [6, 6.07) is 18.3. The van der Waals surface area contributed by atoms with Gasteiger partial charge in [-0.2, -0.15) is 5.10 Å². The molecule has 1 aromatic heterocycles. The van der Waals surface area contributed by atoms with E-state index in [0.717, 1.165) is 56.2 Å². The molecule has 0 radical (unpaired) electrons. The van der Waals surface area contributed by atoms with Gasteiger partial charge in [0.25, 0.3) is 0 Å². The second-order valence-electron chi connectivity index (χ2n) is 9.17. The third-order valence-electron chi connectivity index (χ3n) is 6.23. The molecule has 0 saturated carbocycles. The fourth-order valence-electron chi connectivity index (χ4n) is 4.18. The van der Waals surface area contributed by atoms with Crippen molar-refractivity contribution in [2.75, 3.05) is 26.3 Å². The summed E-state index contributed by atoms with van der Waals surface area (Å²) in [5, 5.41) is 15.5. The zero-order valence-corrected chi connectivity index (χ0v) is 19.7. The number of hydrogen-bond donors (Lipinski definition) is 1. The van der Waals surface area contributed by atoms with Crippen LogP contribution in [0, 0.1) is 13.8 Å². The molecule has 0 unspecified atom stereocenters. The van der Waals surface area contributed by atoms with Crippen molar-refractivity contribution in [3.05, 3.63) is 77.6 Å². The molecular weight excluding hydrogens is 414 g/mol. The van der Waals surface area contributed by atoms with Crippen molar-refractivity contribution in [3.8, 4) is 11.5 Å². The van der Waals surface area contributed by atoms with Crippen LogP contribution in [0.5, 0.6) is 11.5 Å². The maximum Gasteiger partial charge on any atom is 0.119 e. The highest BCUT2D eigenvalue weighted by Crippen LogP contribution is 2.25. The van der Waals surface area contributed by atoms with Crippen LogP contribution in [0.2, 0.25) is 0 Å². The lowest BCUT2D eigenvalue weighted by molar-refractivity contribution is -0.0168. The summed E-state index contributed by atoms with van der Waals surface area (Å²) >= 11 is 0. The monoisotopic (exact) mass is 449 g/mol. The Balaban J connectivity index is 1.21. The topological polar surface area (TPSA) is 59.8 Å². The van der Waals surface area contributed by atoms with Crippen LogP contribution in [0.25, 0.3) is 0 Å². The number of ether oxygens (including phenoxy) is 2. The van der Waals surface area contributed by atoms with Crippen molar-refractivity contribution in [2.45, 2.75) is 51.8 Å². The van der Waals surface area contributed by atoms with E-state index in [1.165, 1.54) is 11.1 Å². The predicted molar refractivity (Wildman–Crippen MR) is 130 cm³/mol. The summed E-state index contributed by atoms with van der Waals surface area (Å²) in [4.78, 5) is 2.42. The fraction of sp³-hybridized carbons (Fsp3) is 0.444. The maximum absolute atomic E-state index is 11.1. The first kappa shape index (κ1) is 23.3. The van der Waals surface area contributed by atoms with Gasteiger partial charge in [0.05, 0.1) is 17.8 Å². The average molecular weight is 450 g/mol. The Kier molecular flexibility index (Phi) is 7.68. The van der Waals surface area contributed by atoms with Crippen LogP contribution in [0.4, 0.5) is 0 Å². The molecule has 0 spiro atoms. The largest absolute Gasteiger partial charge is 0.492 e. The van der Waals surface area contributed by atoms with Crippen LogP contribution in [0.15, 0.2) is 60.8 Å². The number of rotatable bonds is 9. The second kappa shape index (κ2) is 10.9. The average Bonchev–Trinajstić information content (AvgIpc) is 3.14. The zero-order chi connectivity index (χ0) is 23.1. The van der Waals surface area contributed by atoms with Gasteiger partial charge < -0.3 is 14.6 Å². The molecule has 1 N–H and O–H groups in total. The van der Waals surface area contributed by atoms with E-state index in [-0.39, 0.29) is 0 Å². The molecule has 33 heavy (non-hydrogen) atoms. The van der Waals surface area contributed by atoms with Crippen molar-refractivity contribution >= 4 is 0 Å². The van der Waals surface area contributed by atoms with Gasteiger partial charge in [0, 0.05) is 19.3 Å². The molecule has 0 bridgehead atoms. The van der Waals surface area contributed by atoms with Crippen molar-refractivity contribution in [2.24, 2.45) is 0 Å². The van der Waals surface area contributed by atoms with Crippen molar-refractivity contribution < 1.29 is 14.6 Å². The molecule has 0 amide bonds. The van der Waals surface area contributed by atoms with E-state index in [2.05, 4.69) is 29.1 Å². The van der Waals surface area contributed by atoms with Gasteiger partial charge in [-0.3, -0.25) is 9.58 Å². The van der Waals surface area contributed by atoms with Gasteiger partial charge in [0.2, 0.25) is 0 Å². The summed E-state index contributed by atoms with van der Waals surface area (Å²) in [5.74, 6) is 1.69. The van der Waals surface area contributed by atoms with Crippen LogP contribution >= 0.6 is 0 Å². The molecule has 1 atom stereocenters. The number of benzene rings is 2. The van der Waals surface area contributed by atoms with Crippen LogP contribution in [0.3, 0.4) is 0 Å². The molecule has 1 aliphatic heterocycles. The molecule has 4 rings (SSSR count). The lowest BCUT2D eigenvalue weighted by Gasteiger charge is -2.27. The van der Waals surface area contributed by atoms with Gasteiger partial charge in [-0.25, -0.2) is 0 Å². The zero-order valence-electron chi connectivity index (χ0n) is 19.7. The number of hydrogen-bond acceptors (Lipinski definition) is 5. The molecule has 1 saturated heterocycles. The summed E-state index contributed by atoms with van der Waals surface area (Å²) in [5.41, 5.74) is 2.70. The minimum Gasteiger partial charge on any atom is -0.492 e. The molecule has 1 aliphatic rings. The van der Waals surface area contributed by atoms with E-state index >= 15 is 0 Å². The molecule has 176 valence electrons. The Bertz CT molecular complexity index is 1000. The van der Waals surface area contributed by atoms with Crippen molar-refractivity contribution in [1.82, 2.24) is 14.7 Å². The molecular formula is C27H35N3O3. The van der Waals surface area contributed by atoms with E-state index in [1.54, 1.807) is 0 Å². The van der Waals surface area contributed by atoms with Crippen molar-refractivity contribution in [3.63, 3.8) is 0 Å². The number of aryl methyl sites for hydroxylation is 2. The highest BCUT2D eigenvalue weighted by molar-refractivity contribution is 5.27. The van der Waals surface area contributed by atoms with Crippen molar-refractivity contribution in [1.29, 1.82) is 0 Å². The quantitative estimate of drug-likeness (QED) is 0.526. The van der Waals surface area contributed by atoms with Gasteiger partial charge in [-0.1, -0.05) is 29.8 Å². The standard InChI is InChI=1S/C27H35N3O3/c1-22-4-8-26(9-5-22)33-21-27(31)13-3-15-29(17-14-27)20-24-6-10-25(11-7-24)32-19-18-30-16-12-23(2)28-30/h4-12,16,31H,3,13-15,17-21H2,1-2H3/t27-/m0/s1. The summed E-state index contributed by atoms with van der Waals surface area (Å²) in [6.07, 6.45) is 4.41. The summed E-state index contributed by atoms with van der Waals surface area (Å²) in [6.45, 7) is 8.43. The highest BCUT2D eigenvalue weighted by atomic mass is 16.5. The first-order valence-corrected chi connectivity index (χ1v) is 11.8. The summed E-state index contributed by atoms with van der Waals surface area (Å²) in [7, 11) is 0. The third-order valence-corrected chi connectivity index (χ3v) is 6.23. The van der Waals surface area contributed by atoms with Gasteiger partial charge in [0.15, 0.2) is 0 Å². The van der Waals surface area contributed by atoms with E-state index in [9.17, 15) is 5.11 Å². The van der Waals surface area contributed by atoms with E-state index in [0.29, 0.717) is 19.6 Å². The fourth-order valence-corrected chi connectivity index (χ4v) is 4.18. The number of likely N-dealkylation sites (tertiary alicyclic amines) is 1. The molecule has 6 heteroatoms. The number of aromatic nitrogens is 2. The normalized spacial score (nSPS) is 19.2. The maximum atomic E-state index is 11.1. The van der Waals surface area contributed by atoms with Crippen LogP contribution in [-0.4, -0.2) is 51.7 Å². The third kappa shape index (κ3) is 7.07. The summed E-state index contributed by atoms with van der Waals surface area (Å²) < 4.78 is 13.7. The lowest BCUT2D eigenvalue weighted by Crippen LogP contribution is -2.37. The molecule has 3 aromatic rings. The Morgan fingerprint density at radius 2 is 1.64 bits per heavy atom. The SMILES string of the molecule is Cc1ccc(OC[C@]2(O)CCCN(Cc3ccc(OCCn4ccc(C)n4)cc3)CC2)cc1. The Morgan fingerprint density at radius 3 is 2.36 bits per heavy atom. The number of nitrogens with zero attached hydrogens (tertiary/aromatic N) is 3. The van der Waals surface area contributed by atoms with Crippen LogP contribution in [0.1, 0.15) is 36.1 Å². The van der Waals surface area contributed by atoms with Crippen LogP contribution in [-0.2, 0) is 13.1 Å². The van der Waals surface area contributed by atoms with E-state index in [1.807, 2.05) is 60.3 Å². The molecule has 2 aromatic carbocycles. The minimum absolute atomic E-state index is 0.341. The first-order chi connectivity index (χ1) is 16.0. The molecule has 0 aliphatic carbocycles. The second-order valence-corrected chi connectivity index (χ2v) is 9.17. The molecule has 1 fully saturated rings. The van der Waals surface area contributed by atoms with Gasteiger partial charge in [-0.15, -0.1) is 0 Å². The van der Waals surface area contributed by atoms with Crippen LogP contribution < -0.4 is 9.47 Å². The van der Waals surface area contributed by atoms with Gasteiger partial charge in [0.1, 0.15) is 24.7 Å². The smallest absolute Gasteiger partial charge is 0.119 e. The van der Waals surface area contributed by atoms with Gasteiger partial charge >= 0.3 is 0 Å². The first-order valence-electron chi connectivity index (χ1n) is 11.8. The Hall–Kier alpha value is -2.83. The Morgan fingerprint density at radius 1 is 0.909 bits per heavy atom. The minimum atomic E-state index is -0.773. The van der Waals surface area contributed by atoms with Gasteiger partial charge in [-0.05, 0) is 75.5 Å². The lowest BCUT2D eigenvalue weighted by atomic mass is 9.96.